The number of fused-ring (bicyclic) bond motifs is 4. The monoisotopic (exact) mass is 415 g/mol. The molecule has 1 saturated heterocycles. The Morgan fingerprint density at radius 1 is 1.06 bits per heavy atom. The number of carbonyl (C=O) groups is 2. The van der Waals surface area contributed by atoms with Gasteiger partial charge in [0.25, 0.3) is 0 Å². The van der Waals surface area contributed by atoms with Crippen molar-refractivity contribution in [2.24, 2.45) is 5.92 Å². The number of hydrogen-bond donors (Lipinski definition) is 1. The number of benzene rings is 2. The van der Waals surface area contributed by atoms with Gasteiger partial charge in [0.2, 0.25) is 11.8 Å². The highest BCUT2D eigenvalue weighted by molar-refractivity contribution is 5.97. The minimum absolute atomic E-state index is 0.0333. The van der Waals surface area contributed by atoms with Crippen LogP contribution in [0, 0.1) is 12.8 Å². The molecule has 1 aromatic heterocycles. The number of piperazine rings is 1. The quantitative estimate of drug-likeness (QED) is 0.694. The largest absolute Gasteiger partial charge is 0.356 e. The molecule has 2 amide bonds. The third-order valence-electron chi connectivity index (χ3n) is 6.80. The van der Waals surface area contributed by atoms with Crippen LogP contribution in [-0.4, -0.2) is 45.7 Å². The third-order valence-corrected chi connectivity index (χ3v) is 6.80. The Kier molecular flexibility index (Phi) is 4.84. The van der Waals surface area contributed by atoms with Crippen LogP contribution in [0.5, 0.6) is 0 Å². The van der Waals surface area contributed by atoms with Crippen LogP contribution in [-0.2, 0) is 16.0 Å². The van der Waals surface area contributed by atoms with Crippen molar-refractivity contribution < 1.29 is 9.59 Å². The van der Waals surface area contributed by atoms with Gasteiger partial charge in [0.05, 0.1) is 12.6 Å². The van der Waals surface area contributed by atoms with E-state index in [-0.39, 0.29) is 24.4 Å². The maximum absolute atomic E-state index is 13.6. The van der Waals surface area contributed by atoms with Crippen molar-refractivity contribution in [3.05, 3.63) is 70.9 Å². The zero-order valence-corrected chi connectivity index (χ0v) is 18.4. The van der Waals surface area contributed by atoms with Gasteiger partial charge in [-0.3, -0.25) is 9.59 Å². The van der Waals surface area contributed by atoms with Crippen molar-refractivity contribution in [2.45, 2.75) is 45.7 Å². The first kappa shape index (κ1) is 19.9. The van der Waals surface area contributed by atoms with Crippen molar-refractivity contribution in [3.8, 4) is 0 Å². The minimum atomic E-state index is -0.454. The molecular formula is C26H29N3O2. The molecule has 1 N–H and O–H groups in total. The summed E-state index contributed by atoms with van der Waals surface area (Å²) in [4.78, 5) is 34.3. The highest BCUT2D eigenvalue weighted by Gasteiger charge is 2.48. The molecule has 3 heterocycles. The first-order chi connectivity index (χ1) is 15.0. The number of nitrogens with zero attached hydrogens (tertiary/aromatic N) is 2. The van der Waals surface area contributed by atoms with Crippen molar-refractivity contribution in [3.63, 3.8) is 0 Å². The lowest BCUT2D eigenvalue weighted by Gasteiger charge is -2.47. The van der Waals surface area contributed by atoms with Crippen LogP contribution in [0.3, 0.4) is 0 Å². The SMILES string of the molecule is Cc1ccccc1C1c2[nH]c3ccccc3c2CC2C(=O)N(CCC(C)C)CC(=O)N21. The first-order valence-electron chi connectivity index (χ1n) is 11.2. The summed E-state index contributed by atoms with van der Waals surface area (Å²) in [5.41, 5.74) is 5.47. The van der Waals surface area contributed by atoms with Crippen LogP contribution in [0.1, 0.15) is 48.7 Å². The Morgan fingerprint density at radius 3 is 2.58 bits per heavy atom. The standard InChI is InChI=1S/C26H29N3O2/c1-16(2)12-13-28-15-23(30)29-22(26(28)31)14-20-19-10-6-7-11-21(19)27-24(20)25(29)18-9-5-4-8-17(18)3/h4-11,16,22,25,27H,12-15H2,1-3H3. The van der Waals surface area contributed by atoms with Gasteiger partial charge in [-0.2, -0.15) is 0 Å². The molecule has 2 aliphatic rings. The second-order valence-electron chi connectivity index (χ2n) is 9.29. The van der Waals surface area contributed by atoms with Gasteiger partial charge in [0, 0.05) is 29.6 Å². The predicted molar refractivity (Wildman–Crippen MR) is 122 cm³/mol. The molecule has 0 bridgehead atoms. The van der Waals surface area contributed by atoms with E-state index in [2.05, 4.69) is 50.0 Å². The molecule has 160 valence electrons. The summed E-state index contributed by atoms with van der Waals surface area (Å²) in [6, 6.07) is 15.7. The molecule has 0 spiro atoms. The van der Waals surface area contributed by atoms with Gasteiger partial charge in [0.15, 0.2) is 0 Å². The number of para-hydroxylation sites is 1. The van der Waals surface area contributed by atoms with E-state index in [0.717, 1.165) is 39.7 Å². The Labute approximate surface area is 183 Å². The number of aryl methyl sites for hydroxylation is 1. The van der Waals surface area contributed by atoms with E-state index < -0.39 is 6.04 Å². The summed E-state index contributed by atoms with van der Waals surface area (Å²) >= 11 is 0. The molecule has 1 fully saturated rings. The van der Waals surface area contributed by atoms with Crippen molar-refractivity contribution in [1.29, 1.82) is 0 Å². The van der Waals surface area contributed by atoms with Crippen molar-refractivity contribution >= 4 is 22.7 Å². The molecule has 2 unspecified atom stereocenters. The topological polar surface area (TPSA) is 56.4 Å². The van der Waals surface area contributed by atoms with Gasteiger partial charge in [-0.1, -0.05) is 56.3 Å². The van der Waals surface area contributed by atoms with Crippen LogP contribution in [0.2, 0.25) is 0 Å². The van der Waals surface area contributed by atoms with Gasteiger partial charge in [0.1, 0.15) is 6.04 Å². The van der Waals surface area contributed by atoms with E-state index in [0.29, 0.717) is 18.9 Å². The molecule has 0 radical (unpaired) electrons. The Bertz CT molecular complexity index is 1160. The van der Waals surface area contributed by atoms with E-state index in [9.17, 15) is 9.59 Å². The highest BCUT2D eigenvalue weighted by Crippen LogP contribution is 2.43. The van der Waals surface area contributed by atoms with E-state index >= 15 is 0 Å². The highest BCUT2D eigenvalue weighted by atomic mass is 16.2. The van der Waals surface area contributed by atoms with Crippen molar-refractivity contribution in [2.75, 3.05) is 13.1 Å². The van der Waals surface area contributed by atoms with E-state index in [1.807, 2.05) is 29.2 Å². The predicted octanol–water partition coefficient (Wildman–Crippen LogP) is 4.21. The molecular weight excluding hydrogens is 386 g/mol. The summed E-state index contributed by atoms with van der Waals surface area (Å²) in [5.74, 6) is 0.605. The van der Waals surface area contributed by atoms with Gasteiger partial charge in [-0.05, 0) is 42.0 Å². The summed E-state index contributed by atoms with van der Waals surface area (Å²) in [6.45, 7) is 7.18. The molecule has 2 aliphatic heterocycles. The minimum Gasteiger partial charge on any atom is -0.356 e. The zero-order valence-electron chi connectivity index (χ0n) is 18.4. The van der Waals surface area contributed by atoms with Gasteiger partial charge in [-0.25, -0.2) is 0 Å². The lowest BCUT2D eigenvalue weighted by atomic mass is 9.85. The summed E-state index contributed by atoms with van der Waals surface area (Å²) in [6.07, 6.45) is 1.47. The number of carbonyl (C=O) groups excluding carboxylic acids is 2. The third kappa shape index (κ3) is 3.23. The number of hydrogen-bond acceptors (Lipinski definition) is 2. The maximum atomic E-state index is 13.6. The molecule has 5 nitrogen and oxygen atoms in total. The number of H-pyrrole nitrogens is 1. The Balaban J connectivity index is 1.65. The summed E-state index contributed by atoms with van der Waals surface area (Å²) < 4.78 is 0. The van der Waals surface area contributed by atoms with Crippen LogP contribution >= 0.6 is 0 Å². The number of nitrogens with one attached hydrogen (secondary N) is 1. The fraction of sp³-hybridized carbons (Fsp3) is 0.385. The average Bonchev–Trinajstić information content (AvgIpc) is 3.13. The summed E-state index contributed by atoms with van der Waals surface area (Å²) in [5, 5.41) is 1.15. The second kappa shape index (κ2) is 7.56. The van der Waals surface area contributed by atoms with Gasteiger partial charge < -0.3 is 14.8 Å². The molecule has 3 aromatic rings. The fourth-order valence-corrected chi connectivity index (χ4v) is 5.14. The lowest BCUT2D eigenvalue weighted by molar-refractivity contribution is -0.158. The Morgan fingerprint density at radius 2 is 1.81 bits per heavy atom. The van der Waals surface area contributed by atoms with E-state index in [4.69, 9.17) is 0 Å². The zero-order chi connectivity index (χ0) is 21.7. The summed E-state index contributed by atoms with van der Waals surface area (Å²) in [7, 11) is 0. The molecule has 5 heteroatoms. The molecule has 0 aliphatic carbocycles. The molecule has 2 aromatic carbocycles. The lowest BCUT2D eigenvalue weighted by Crippen LogP contribution is -2.63. The average molecular weight is 416 g/mol. The van der Waals surface area contributed by atoms with Crippen molar-refractivity contribution in [1.82, 2.24) is 14.8 Å². The van der Waals surface area contributed by atoms with Crippen LogP contribution in [0.4, 0.5) is 0 Å². The van der Waals surface area contributed by atoms with Crippen LogP contribution in [0.25, 0.3) is 10.9 Å². The molecule has 5 rings (SSSR count). The number of aromatic amines is 1. The first-order valence-corrected chi connectivity index (χ1v) is 11.2. The van der Waals surface area contributed by atoms with Gasteiger partial charge >= 0.3 is 0 Å². The van der Waals surface area contributed by atoms with Crippen LogP contribution < -0.4 is 0 Å². The smallest absolute Gasteiger partial charge is 0.246 e. The van der Waals surface area contributed by atoms with E-state index in [1.165, 1.54) is 0 Å². The molecule has 31 heavy (non-hydrogen) atoms. The number of amides is 2. The number of aromatic nitrogens is 1. The van der Waals surface area contributed by atoms with Gasteiger partial charge in [-0.15, -0.1) is 0 Å². The number of rotatable bonds is 4. The molecule has 2 atom stereocenters. The van der Waals surface area contributed by atoms with E-state index in [1.54, 1.807) is 4.90 Å². The molecule has 0 saturated carbocycles. The van der Waals surface area contributed by atoms with Crippen LogP contribution in [0.15, 0.2) is 48.5 Å². The normalized spacial score (nSPS) is 21.0. The second-order valence-corrected chi connectivity index (χ2v) is 9.29. The fourth-order valence-electron chi connectivity index (χ4n) is 5.14. The Hall–Kier alpha value is -3.08. The maximum Gasteiger partial charge on any atom is 0.246 e.